The van der Waals surface area contributed by atoms with Crippen molar-refractivity contribution in [2.24, 2.45) is 0 Å². The van der Waals surface area contributed by atoms with Crippen LogP contribution >= 0.6 is 11.6 Å². The molecular formula is C23H21ClFN5O. The molecule has 0 spiro atoms. The number of nitrogen functional groups attached to an aromatic ring is 1. The summed E-state index contributed by atoms with van der Waals surface area (Å²) < 4.78 is 16.1. The summed E-state index contributed by atoms with van der Waals surface area (Å²) in [4.78, 5) is 16.9. The molecule has 0 aliphatic heterocycles. The lowest BCUT2D eigenvalue weighted by atomic mass is 9.99. The fourth-order valence-corrected chi connectivity index (χ4v) is 3.53. The van der Waals surface area contributed by atoms with E-state index in [1.54, 1.807) is 31.3 Å². The summed E-state index contributed by atoms with van der Waals surface area (Å²) in [6.45, 7) is 2.09. The smallest absolute Gasteiger partial charge is 0.251 e. The Morgan fingerprint density at radius 3 is 2.71 bits per heavy atom. The van der Waals surface area contributed by atoms with Crippen LogP contribution < -0.4 is 11.1 Å². The number of anilines is 1. The summed E-state index contributed by atoms with van der Waals surface area (Å²) in [7, 11) is 0. The number of pyridine rings is 1. The number of nitrogens with one attached hydrogen (secondary N) is 1. The van der Waals surface area contributed by atoms with Crippen molar-refractivity contribution < 1.29 is 9.18 Å². The molecule has 2 aromatic heterocycles. The van der Waals surface area contributed by atoms with E-state index in [9.17, 15) is 9.18 Å². The molecule has 4 aromatic rings. The summed E-state index contributed by atoms with van der Waals surface area (Å²) in [6, 6.07) is 14.3. The van der Waals surface area contributed by atoms with Gasteiger partial charge in [-0.05, 0) is 78.4 Å². The molecule has 0 saturated heterocycles. The van der Waals surface area contributed by atoms with Crippen molar-refractivity contribution in [3.8, 4) is 11.1 Å². The van der Waals surface area contributed by atoms with E-state index in [4.69, 9.17) is 17.3 Å². The van der Waals surface area contributed by atoms with Gasteiger partial charge in [0.1, 0.15) is 5.82 Å². The summed E-state index contributed by atoms with van der Waals surface area (Å²) in [5.74, 6) is -0.585. The Labute approximate surface area is 183 Å². The van der Waals surface area contributed by atoms with Gasteiger partial charge in [-0.1, -0.05) is 23.7 Å². The number of carbonyl (C=O) groups is 1. The zero-order chi connectivity index (χ0) is 22.0. The molecule has 0 aliphatic carbocycles. The van der Waals surface area contributed by atoms with Crippen LogP contribution in [-0.4, -0.2) is 27.0 Å². The number of aromatic nitrogens is 3. The van der Waals surface area contributed by atoms with Crippen molar-refractivity contribution in [2.45, 2.75) is 19.8 Å². The monoisotopic (exact) mass is 437 g/mol. The second kappa shape index (κ2) is 8.73. The number of nitrogens with zero attached hydrogens (tertiary/aromatic N) is 3. The molecule has 6 nitrogen and oxygen atoms in total. The van der Waals surface area contributed by atoms with Crippen molar-refractivity contribution in [1.82, 2.24) is 19.9 Å². The maximum Gasteiger partial charge on any atom is 0.251 e. The molecule has 31 heavy (non-hydrogen) atoms. The van der Waals surface area contributed by atoms with Gasteiger partial charge in [-0.3, -0.25) is 4.79 Å². The molecular weight excluding hydrogens is 417 g/mol. The summed E-state index contributed by atoms with van der Waals surface area (Å²) in [5, 5.41) is 7.61. The van der Waals surface area contributed by atoms with Gasteiger partial charge in [0.15, 0.2) is 5.65 Å². The third-order valence-corrected chi connectivity index (χ3v) is 5.37. The molecule has 0 atom stereocenters. The number of hydrogen-bond acceptors (Lipinski definition) is 4. The molecule has 2 aromatic carbocycles. The molecule has 0 radical (unpaired) electrons. The van der Waals surface area contributed by atoms with Crippen molar-refractivity contribution in [3.63, 3.8) is 0 Å². The topological polar surface area (TPSA) is 85.3 Å². The van der Waals surface area contributed by atoms with Crippen molar-refractivity contribution in [1.29, 1.82) is 0 Å². The number of benzene rings is 2. The number of nitrogens with two attached hydrogens (primary N) is 1. The summed E-state index contributed by atoms with van der Waals surface area (Å²) in [6.07, 6.45) is 3.27. The Bertz CT molecular complexity index is 1250. The molecule has 8 heteroatoms. The lowest BCUT2D eigenvalue weighted by molar-refractivity contribution is 0.0952. The second-order valence-corrected chi connectivity index (χ2v) is 7.74. The van der Waals surface area contributed by atoms with Crippen LogP contribution in [0.2, 0.25) is 5.02 Å². The van der Waals surface area contributed by atoms with E-state index in [1.165, 1.54) is 10.6 Å². The van der Waals surface area contributed by atoms with E-state index in [2.05, 4.69) is 15.4 Å². The highest BCUT2D eigenvalue weighted by atomic mass is 35.5. The Morgan fingerprint density at radius 2 is 1.94 bits per heavy atom. The minimum absolute atomic E-state index is 0.158. The zero-order valence-corrected chi connectivity index (χ0v) is 17.7. The maximum atomic E-state index is 14.6. The minimum atomic E-state index is -0.440. The van der Waals surface area contributed by atoms with E-state index in [1.807, 2.05) is 24.3 Å². The molecule has 0 aliphatic rings. The second-order valence-electron chi connectivity index (χ2n) is 7.30. The van der Waals surface area contributed by atoms with Gasteiger partial charge < -0.3 is 11.1 Å². The Morgan fingerprint density at radius 1 is 1.16 bits per heavy atom. The number of hydrogen-bond donors (Lipinski definition) is 2. The van der Waals surface area contributed by atoms with E-state index >= 15 is 0 Å². The van der Waals surface area contributed by atoms with Crippen LogP contribution in [0.25, 0.3) is 16.8 Å². The SMILES string of the molecule is Cc1c(F)cc(-c2ccn3nc(N)nc3c2)cc1C(=O)NCCCc1ccc(Cl)cc1. The maximum absolute atomic E-state index is 14.6. The van der Waals surface area contributed by atoms with E-state index in [-0.39, 0.29) is 11.9 Å². The third kappa shape index (κ3) is 4.67. The van der Waals surface area contributed by atoms with Gasteiger partial charge in [0.25, 0.3) is 5.91 Å². The number of carbonyl (C=O) groups excluding carboxylic acids is 1. The van der Waals surface area contributed by atoms with Crippen molar-refractivity contribution >= 4 is 29.1 Å². The van der Waals surface area contributed by atoms with Gasteiger partial charge in [0.05, 0.1) is 0 Å². The van der Waals surface area contributed by atoms with Crippen molar-refractivity contribution in [2.75, 3.05) is 12.3 Å². The predicted octanol–water partition coefficient (Wildman–Crippen LogP) is 4.44. The van der Waals surface area contributed by atoms with Gasteiger partial charge in [-0.15, -0.1) is 5.10 Å². The van der Waals surface area contributed by atoms with E-state index < -0.39 is 5.82 Å². The summed E-state index contributed by atoms with van der Waals surface area (Å²) in [5.41, 5.74) is 9.24. The Balaban J connectivity index is 1.48. The zero-order valence-electron chi connectivity index (χ0n) is 16.9. The number of rotatable bonds is 6. The van der Waals surface area contributed by atoms with Gasteiger partial charge >= 0.3 is 0 Å². The number of amides is 1. The largest absolute Gasteiger partial charge is 0.366 e. The number of fused-ring (bicyclic) bond motifs is 1. The number of aryl methyl sites for hydroxylation is 1. The minimum Gasteiger partial charge on any atom is -0.366 e. The highest BCUT2D eigenvalue weighted by Crippen LogP contribution is 2.26. The molecule has 4 rings (SSSR count). The van der Waals surface area contributed by atoms with Crippen LogP contribution in [0, 0.1) is 12.7 Å². The van der Waals surface area contributed by atoms with Crippen molar-refractivity contribution in [3.05, 3.63) is 82.3 Å². The van der Waals surface area contributed by atoms with Crippen LogP contribution in [-0.2, 0) is 6.42 Å². The first-order valence-corrected chi connectivity index (χ1v) is 10.2. The molecule has 0 bridgehead atoms. The molecule has 0 saturated carbocycles. The van der Waals surface area contributed by atoms with Crippen LogP contribution in [0.5, 0.6) is 0 Å². The Kier molecular flexibility index (Phi) is 5.86. The molecule has 0 fully saturated rings. The summed E-state index contributed by atoms with van der Waals surface area (Å²) >= 11 is 5.90. The van der Waals surface area contributed by atoms with Gasteiger partial charge in [0, 0.05) is 23.3 Å². The first-order chi connectivity index (χ1) is 14.9. The quantitative estimate of drug-likeness (QED) is 0.436. The molecule has 0 unspecified atom stereocenters. The van der Waals surface area contributed by atoms with Crippen LogP contribution in [0.15, 0.2) is 54.7 Å². The average Bonchev–Trinajstić information content (AvgIpc) is 3.13. The molecule has 158 valence electrons. The highest BCUT2D eigenvalue weighted by molar-refractivity contribution is 6.30. The number of halogens is 2. The Hall–Kier alpha value is -3.45. The lowest BCUT2D eigenvalue weighted by Gasteiger charge is -2.11. The van der Waals surface area contributed by atoms with Crippen LogP contribution in [0.4, 0.5) is 10.3 Å². The van der Waals surface area contributed by atoms with Gasteiger partial charge in [-0.2, -0.15) is 4.98 Å². The molecule has 1 amide bonds. The average molecular weight is 438 g/mol. The third-order valence-electron chi connectivity index (χ3n) is 5.12. The first kappa shape index (κ1) is 20.8. The lowest BCUT2D eigenvalue weighted by Crippen LogP contribution is -2.26. The first-order valence-electron chi connectivity index (χ1n) is 9.86. The van der Waals surface area contributed by atoms with E-state index in [0.717, 1.165) is 24.0 Å². The molecule has 2 heterocycles. The van der Waals surface area contributed by atoms with Crippen LogP contribution in [0.3, 0.4) is 0 Å². The fourth-order valence-electron chi connectivity index (χ4n) is 3.40. The van der Waals surface area contributed by atoms with E-state index in [0.29, 0.717) is 33.9 Å². The van der Waals surface area contributed by atoms with Crippen LogP contribution in [0.1, 0.15) is 27.9 Å². The fraction of sp³-hybridized carbons (Fsp3) is 0.174. The van der Waals surface area contributed by atoms with Gasteiger partial charge in [-0.25, -0.2) is 8.91 Å². The predicted molar refractivity (Wildman–Crippen MR) is 120 cm³/mol. The molecule has 3 N–H and O–H groups in total. The normalized spacial score (nSPS) is 11.1. The highest BCUT2D eigenvalue weighted by Gasteiger charge is 2.15. The van der Waals surface area contributed by atoms with Gasteiger partial charge in [0.2, 0.25) is 5.95 Å². The standard InChI is InChI=1S/C23H21ClFN5O/c1-14-19(22(31)27-9-2-3-15-4-6-18(24)7-5-15)11-17(12-20(14)25)16-8-10-30-21(13-16)28-23(26)29-30/h4-8,10-13H,2-3,9H2,1H3,(H2,26,29)(H,27,31).